The van der Waals surface area contributed by atoms with E-state index in [1.54, 1.807) is 12.1 Å². The van der Waals surface area contributed by atoms with Gasteiger partial charge in [-0.25, -0.2) is 0 Å². The third-order valence-corrected chi connectivity index (χ3v) is 6.19. The van der Waals surface area contributed by atoms with E-state index in [1.807, 2.05) is 38.1 Å². The van der Waals surface area contributed by atoms with Crippen molar-refractivity contribution in [1.29, 1.82) is 0 Å². The topological polar surface area (TPSA) is 49.3 Å². The maximum Gasteiger partial charge on any atom is 0.223 e. The summed E-state index contributed by atoms with van der Waals surface area (Å²) >= 11 is 6.15. The number of aromatic hydroxyl groups is 1. The Hall–Kier alpha value is -2.00. The summed E-state index contributed by atoms with van der Waals surface area (Å²) in [5, 5.41) is 13.5. The summed E-state index contributed by atoms with van der Waals surface area (Å²) in [6.07, 6.45) is 1.92. The molecular weight excluding hydrogens is 358 g/mol. The molecule has 2 N–H and O–H groups in total. The van der Waals surface area contributed by atoms with Crippen molar-refractivity contribution in [2.24, 2.45) is 11.8 Å². The van der Waals surface area contributed by atoms with Crippen LogP contribution in [0.4, 0.5) is 0 Å². The van der Waals surface area contributed by atoms with Gasteiger partial charge in [0.1, 0.15) is 5.75 Å². The molecular formula is C23H28ClNO2. The van der Waals surface area contributed by atoms with E-state index >= 15 is 0 Å². The molecule has 1 amide bonds. The number of fused-ring (bicyclic) bond motifs is 1. The van der Waals surface area contributed by atoms with E-state index in [4.69, 9.17) is 11.6 Å². The number of carbonyl (C=O) groups is 1. The number of halogens is 1. The van der Waals surface area contributed by atoms with Crippen LogP contribution in [-0.4, -0.2) is 17.6 Å². The van der Waals surface area contributed by atoms with Gasteiger partial charge < -0.3 is 10.4 Å². The zero-order chi connectivity index (χ0) is 19.6. The van der Waals surface area contributed by atoms with Crippen molar-refractivity contribution in [3.8, 4) is 5.75 Å². The first-order valence-electron chi connectivity index (χ1n) is 9.87. The Balaban J connectivity index is 0.00000102. The Morgan fingerprint density at radius 1 is 1.04 bits per heavy atom. The highest BCUT2D eigenvalue weighted by molar-refractivity contribution is 6.30. The fourth-order valence-electron chi connectivity index (χ4n) is 4.83. The highest BCUT2D eigenvalue weighted by Gasteiger charge is 2.47. The van der Waals surface area contributed by atoms with Crippen molar-refractivity contribution in [2.75, 3.05) is 6.54 Å². The Kier molecular flexibility index (Phi) is 6.11. The van der Waals surface area contributed by atoms with Gasteiger partial charge in [-0.3, -0.25) is 4.79 Å². The van der Waals surface area contributed by atoms with Crippen LogP contribution >= 0.6 is 11.6 Å². The van der Waals surface area contributed by atoms with Gasteiger partial charge in [-0.2, -0.15) is 0 Å². The molecule has 144 valence electrons. The normalized spacial score (nSPS) is 26.6. The molecule has 4 heteroatoms. The summed E-state index contributed by atoms with van der Waals surface area (Å²) in [7, 11) is 0. The molecule has 1 aliphatic carbocycles. The summed E-state index contributed by atoms with van der Waals surface area (Å²) in [6.45, 7) is 6.84. The number of rotatable bonds is 2. The van der Waals surface area contributed by atoms with Gasteiger partial charge in [0.25, 0.3) is 0 Å². The lowest BCUT2D eigenvalue weighted by atomic mass is 9.63. The molecule has 2 aromatic rings. The lowest BCUT2D eigenvalue weighted by Gasteiger charge is -2.40. The highest BCUT2D eigenvalue weighted by Crippen LogP contribution is 2.51. The predicted octanol–water partition coefficient (Wildman–Crippen LogP) is 5.40. The minimum Gasteiger partial charge on any atom is -0.508 e. The number of hydrogen-bond acceptors (Lipinski definition) is 2. The van der Waals surface area contributed by atoms with Crippen LogP contribution < -0.4 is 5.32 Å². The average Bonchev–Trinajstić information content (AvgIpc) is 3.05. The van der Waals surface area contributed by atoms with Crippen molar-refractivity contribution in [1.82, 2.24) is 5.32 Å². The molecule has 4 rings (SSSR count). The monoisotopic (exact) mass is 385 g/mol. The highest BCUT2D eigenvalue weighted by atomic mass is 35.5. The summed E-state index contributed by atoms with van der Waals surface area (Å²) in [6, 6.07) is 13.6. The number of phenols is 1. The van der Waals surface area contributed by atoms with E-state index in [0.717, 1.165) is 24.4 Å². The molecule has 1 saturated carbocycles. The second-order valence-corrected chi connectivity index (χ2v) is 7.75. The summed E-state index contributed by atoms with van der Waals surface area (Å²) in [4.78, 5) is 12.2. The first kappa shape index (κ1) is 19.8. The minimum absolute atomic E-state index is 0.0997. The van der Waals surface area contributed by atoms with Gasteiger partial charge in [-0.05, 0) is 78.5 Å². The zero-order valence-electron chi connectivity index (χ0n) is 16.2. The van der Waals surface area contributed by atoms with Crippen LogP contribution in [0.1, 0.15) is 55.2 Å². The third kappa shape index (κ3) is 3.84. The molecule has 0 aromatic heterocycles. The quantitative estimate of drug-likeness (QED) is 0.726. The van der Waals surface area contributed by atoms with E-state index in [0.29, 0.717) is 11.8 Å². The van der Waals surface area contributed by atoms with Crippen molar-refractivity contribution in [3.05, 3.63) is 64.2 Å². The lowest BCUT2D eigenvalue weighted by Crippen LogP contribution is -2.32. The Labute approximate surface area is 166 Å². The van der Waals surface area contributed by atoms with Gasteiger partial charge in [0, 0.05) is 17.5 Å². The first-order chi connectivity index (χ1) is 13.0. The fourth-order valence-corrected chi connectivity index (χ4v) is 5.05. The minimum atomic E-state index is 0.0997. The van der Waals surface area contributed by atoms with Crippen LogP contribution in [0, 0.1) is 18.8 Å². The molecule has 1 aliphatic heterocycles. The number of hydrogen-bond donors (Lipinski definition) is 2. The SMILES string of the molecule is CC.Cc1cc(Cl)ccc1C1CCC2C(=O)NCC2C1c1ccc(O)cc1. The van der Waals surface area contributed by atoms with Gasteiger partial charge in [0.2, 0.25) is 5.91 Å². The molecule has 2 aromatic carbocycles. The van der Waals surface area contributed by atoms with Gasteiger partial charge in [-0.15, -0.1) is 0 Å². The molecule has 4 unspecified atom stereocenters. The van der Waals surface area contributed by atoms with Gasteiger partial charge in [0.05, 0.1) is 0 Å². The number of amides is 1. The summed E-state index contributed by atoms with van der Waals surface area (Å²) in [5.74, 6) is 1.48. The Morgan fingerprint density at radius 2 is 1.70 bits per heavy atom. The fraction of sp³-hybridized carbons (Fsp3) is 0.435. The van der Waals surface area contributed by atoms with Crippen LogP contribution in [-0.2, 0) is 4.79 Å². The van der Waals surface area contributed by atoms with Gasteiger partial charge in [0.15, 0.2) is 0 Å². The van der Waals surface area contributed by atoms with Crippen molar-refractivity contribution < 1.29 is 9.90 Å². The maximum atomic E-state index is 12.2. The number of aryl methyl sites for hydroxylation is 1. The Bertz CT molecular complexity index is 803. The molecule has 0 bridgehead atoms. The van der Waals surface area contributed by atoms with Crippen LogP contribution in [0.2, 0.25) is 5.02 Å². The van der Waals surface area contributed by atoms with E-state index in [-0.39, 0.29) is 23.5 Å². The first-order valence-corrected chi connectivity index (χ1v) is 10.2. The van der Waals surface area contributed by atoms with Crippen LogP contribution in [0.5, 0.6) is 5.75 Å². The molecule has 4 atom stereocenters. The van der Waals surface area contributed by atoms with Crippen LogP contribution in [0.15, 0.2) is 42.5 Å². The second kappa shape index (κ2) is 8.35. The lowest BCUT2D eigenvalue weighted by molar-refractivity contribution is -0.123. The molecule has 1 saturated heterocycles. The van der Waals surface area contributed by atoms with E-state index in [1.165, 1.54) is 16.7 Å². The van der Waals surface area contributed by atoms with Gasteiger partial charge in [-0.1, -0.05) is 43.6 Å². The third-order valence-electron chi connectivity index (χ3n) is 5.96. The molecule has 3 nitrogen and oxygen atoms in total. The van der Waals surface area contributed by atoms with E-state index < -0.39 is 0 Å². The second-order valence-electron chi connectivity index (χ2n) is 7.32. The van der Waals surface area contributed by atoms with Gasteiger partial charge >= 0.3 is 0 Å². The average molecular weight is 386 g/mol. The smallest absolute Gasteiger partial charge is 0.223 e. The molecule has 1 heterocycles. The zero-order valence-corrected chi connectivity index (χ0v) is 17.0. The molecule has 27 heavy (non-hydrogen) atoms. The number of benzene rings is 2. The van der Waals surface area contributed by atoms with Crippen LogP contribution in [0.25, 0.3) is 0 Å². The van der Waals surface area contributed by atoms with Crippen molar-refractivity contribution in [3.63, 3.8) is 0 Å². The molecule has 2 fully saturated rings. The standard InChI is InChI=1S/C21H22ClNO2.C2H6/c1-12-10-14(22)4-7-16(12)17-8-9-18-19(11-23-21(18)25)20(17)13-2-5-15(24)6-3-13;1-2/h2-7,10,17-20,24H,8-9,11H2,1H3,(H,23,25);1-2H3. The molecule has 2 aliphatic rings. The number of nitrogens with one attached hydrogen (secondary N) is 1. The molecule has 0 spiro atoms. The Morgan fingerprint density at radius 3 is 2.37 bits per heavy atom. The van der Waals surface area contributed by atoms with Crippen LogP contribution in [0.3, 0.4) is 0 Å². The van der Waals surface area contributed by atoms with E-state index in [2.05, 4.69) is 18.3 Å². The van der Waals surface area contributed by atoms with Crippen molar-refractivity contribution in [2.45, 2.75) is 45.4 Å². The summed E-state index contributed by atoms with van der Waals surface area (Å²) < 4.78 is 0. The van der Waals surface area contributed by atoms with Crippen molar-refractivity contribution >= 4 is 17.5 Å². The number of phenolic OH excluding ortho intramolecular Hbond substituents is 1. The predicted molar refractivity (Wildman–Crippen MR) is 110 cm³/mol. The molecule has 0 radical (unpaired) electrons. The largest absolute Gasteiger partial charge is 0.508 e. The number of carbonyl (C=O) groups excluding carboxylic acids is 1. The maximum absolute atomic E-state index is 12.2. The summed E-state index contributed by atoms with van der Waals surface area (Å²) in [5.41, 5.74) is 3.72. The van der Waals surface area contributed by atoms with E-state index in [9.17, 15) is 9.90 Å².